The van der Waals surface area contributed by atoms with Gasteiger partial charge in [-0.25, -0.2) is 10.9 Å². The number of hydrogen-bond acceptors (Lipinski definition) is 8. The predicted octanol–water partition coefficient (Wildman–Crippen LogP) is 2.69. The number of hydrazone groups is 2. The van der Waals surface area contributed by atoms with E-state index in [1.54, 1.807) is 26.0 Å². The fourth-order valence-corrected chi connectivity index (χ4v) is 3.19. The molecule has 2 aromatic rings. The van der Waals surface area contributed by atoms with Crippen molar-refractivity contribution >= 4 is 23.2 Å². The van der Waals surface area contributed by atoms with Crippen LogP contribution in [0.1, 0.15) is 44.2 Å². The summed E-state index contributed by atoms with van der Waals surface area (Å²) in [7, 11) is 0. The zero-order valence-electron chi connectivity index (χ0n) is 18.3. The summed E-state index contributed by atoms with van der Waals surface area (Å²) in [6.45, 7) is 3.96. The van der Waals surface area contributed by atoms with Crippen molar-refractivity contribution in [2.24, 2.45) is 10.2 Å². The number of ether oxygens (including phenoxy) is 4. The maximum absolute atomic E-state index is 12.0. The minimum atomic E-state index is -0.275. The standard InChI is InChI=1S/C23H24N4O6/c1-14(16-6-8-18-20(10-16)32-12-30-18)24-26-22(28)4-3-5-23(29)27-25-15(2)17-7-9-19-21(11-17)33-13-31-19/h6-11H,3-5,12-13H2,1-2H3,(H,26,28)(H,27,29)/b24-14-,25-15-. The van der Waals surface area contributed by atoms with Gasteiger partial charge in [-0.2, -0.15) is 10.2 Å². The highest BCUT2D eigenvalue weighted by Gasteiger charge is 2.15. The van der Waals surface area contributed by atoms with Gasteiger partial charge in [0.15, 0.2) is 23.0 Å². The molecule has 2 N–H and O–H groups in total. The fraction of sp³-hybridized carbons (Fsp3) is 0.304. The second-order valence-electron chi connectivity index (χ2n) is 7.45. The van der Waals surface area contributed by atoms with Crippen molar-refractivity contribution in [2.45, 2.75) is 33.1 Å². The summed E-state index contributed by atoms with van der Waals surface area (Å²) in [6.07, 6.45) is 0.696. The van der Waals surface area contributed by atoms with Gasteiger partial charge in [0.1, 0.15) is 0 Å². The molecule has 10 heteroatoms. The van der Waals surface area contributed by atoms with Crippen LogP contribution < -0.4 is 29.8 Å². The van der Waals surface area contributed by atoms with E-state index in [4.69, 9.17) is 18.9 Å². The Morgan fingerprint density at radius 2 is 1.15 bits per heavy atom. The molecule has 0 saturated heterocycles. The molecule has 0 atom stereocenters. The average Bonchev–Trinajstić information content (AvgIpc) is 3.49. The van der Waals surface area contributed by atoms with Gasteiger partial charge >= 0.3 is 0 Å². The number of carbonyl (C=O) groups is 2. The first-order chi connectivity index (χ1) is 16.0. The first-order valence-electron chi connectivity index (χ1n) is 10.5. The Morgan fingerprint density at radius 1 is 0.727 bits per heavy atom. The molecule has 0 saturated carbocycles. The molecule has 33 heavy (non-hydrogen) atoms. The maximum atomic E-state index is 12.0. The fourth-order valence-electron chi connectivity index (χ4n) is 3.19. The van der Waals surface area contributed by atoms with Crippen LogP contribution in [0.3, 0.4) is 0 Å². The molecule has 2 aliphatic heterocycles. The average molecular weight is 452 g/mol. The third-order valence-corrected chi connectivity index (χ3v) is 5.08. The van der Waals surface area contributed by atoms with E-state index in [-0.39, 0.29) is 38.2 Å². The molecule has 2 aliphatic rings. The second-order valence-corrected chi connectivity index (χ2v) is 7.45. The Balaban J connectivity index is 1.19. The second kappa shape index (κ2) is 10.0. The van der Waals surface area contributed by atoms with E-state index in [2.05, 4.69) is 21.1 Å². The molecule has 10 nitrogen and oxygen atoms in total. The summed E-state index contributed by atoms with van der Waals surface area (Å²) < 4.78 is 21.3. The molecule has 0 fully saturated rings. The summed E-state index contributed by atoms with van der Waals surface area (Å²) in [6, 6.07) is 10.9. The Labute approximate surface area is 190 Å². The zero-order valence-corrected chi connectivity index (χ0v) is 18.3. The van der Waals surface area contributed by atoms with Crippen molar-refractivity contribution in [2.75, 3.05) is 13.6 Å². The molecule has 0 spiro atoms. The lowest BCUT2D eigenvalue weighted by atomic mass is 10.1. The van der Waals surface area contributed by atoms with Crippen LogP contribution in [-0.2, 0) is 9.59 Å². The number of amides is 2. The maximum Gasteiger partial charge on any atom is 0.240 e. The third kappa shape index (κ3) is 5.59. The Morgan fingerprint density at radius 3 is 1.61 bits per heavy atom. The van der Waals surface area contributed by atoms with Gasteiger partial charge in [0, 0.05) is 24.0 Å². The molecular formula is C23H24N4O6. The molecule has 172 valence electrons. The van der Waals surface area contributed by atoms with Gasteiger partial charge in [-0.05, 0) is 56.7 Å². The van der Waals surface area contributed by atoms with Crippen LogP contribution in [-0.4, -0.2) is 36.8 Å². The smallest absolute Gasteiger partial charge is 0.240 e. The van der Waals surface area contributed by atoms with Crippen LogP contribution in [0, 0.1) is 0 Å². The minimum Gasteiger partial charge on any atom is -0.454 e. The van der Waals surface area contributed by atoms with Crippen LogP contribution in [0.5, 0.6) is 23.0 Å². The Kier molecular flexibility index (Phi) is 6.72. The number of hydrogen-bond donors (Lipinski definition) is 2. The Hall–Kier alpha value is -4.08. The van der Waals surface area contributed by atoms with Gasteiger partial charge in [0.2, 0.25) is 25.4 Å². The lowest BCUT2D eigenvalue weighted by Crippen LogP contribution is -2.21. The molecule has 0 aromatic heterocycles. The van der Waals surface area contributed by atoms with E-state index in [0.29, 0.717) is 40.8 Å². The van der Waals surface area contributed by atoms with E-state index < -0.39 is 0 Å². The first kappa shape index (κ1) is 22.1. The number of rotatable bonds is 8. The molecule has 2 amide bonds. The van der Waals surface area contributed by atoms with Crippen molar-refractivity contribution in [1.82, 2.24) is 10.9 Å². The number of nitrogens with zero attached hydrogens (tertiary/aromatic N) is 2. The summed E-state index contributed by atoms with van der Waals surface area (Å²) in [5.41, 5.74) is 7.91. The summed E-state index contributed by atoms with van der Waals surface area (Å²) in [4.78, 5) is 24.1. The van der Waals surface area contributed by atoms with Gasteiger partial charge in [-0.3, -0.25) is 9.59 Å². The van der Waals surface area contributed by atoms with Crippen LogP contribution >= 0.6 is 0 Å². The first-order valence-corrected chi connectivity index (χ1v) is 10.5. The van der Waals surface area contributed by atoms with Crippen LogP contribution in [0.25, 0.3) is 0 Å². The van der Waals surface area contributed by atoms with Crippen LogP contribution in [0.2, 0.25) is 0 Å². The molecule has 0 unspecified atom stereocenters. The largest absolute Gasteiger partial charge is 0.454 e. The number of fused-ring (bicyclic) bond motifs is 2. The van der Waals surface area contributed by atoms with E-state index in [1.165, 1.54) is 0 Å². The van der Waals surface area contributed by atoms with Crippen LogP contribution in [0.4, 0.5) is 0 Å². The van der Waals surface area contributed by atoms with Gasteiger partial charge < -0.3 is 18.9 Å². The van der Waals surface area contributed by atoms with Crippen molar-refractivity contribution < 1.29 is 28.5 Å². The number of carbonyl (C=O) groups excluding carboxylic acids is 2. The van der Waals surface area contributed by atoms with E-state index >= 15 is 0 Å². The molecule has 0 radical (unpaired) electrons. The highest BCUT2D eigenvalue weighted by atomic mass is 16.7. The quantitative estimate of drug-likeness (QED) is 0.469. The zero-order chi connectivity index (χ0) is 23.2. The lowest BCUT2D eigenvalue weighted by Gasteiger charge is -2.05. The van der Waals surface area contributed by atoms with Crippen molar-refractivity contribution in [3.8, 4) is 23.0 Å². The molecular weight excluding hydrogens is 428 g/mol. The topological polar surface area (TPSA) is 120 Å². The Bertz CT molecular complexity index is 1040. The summed E-state index contributed by atoms with van der Waals surface area (Å²) in [5.74, 6) is 2.12. The van der Waals surface area contributed by atoms with E-state index in [1.807, 2.05) is 24.3 Å². The SMILES string of the molecule is C/C(=N/NC(=O)CCCC(=O)N/N=C(/C)c1ccc2c(c1)OCO2)c1ccc2c(c1)OCO2. The third-order valence-electron chi connectivity index (χ3n) is 5.08. The van der Waals surface area contributed by atoms with Gasteiger partial charge in [-0.15, -0.1) is 0 Å². The highest BCUT2D eigenvalue weighted by molar-refractivity contribution is 6.00. The highest BCUT2D eigenvalue weighted by Crippen LogP contribution is 2.33. The molecule has 4 rings (SSSR count). The predicted molar refractivity (Wildman–Crippen MR) is 120 cm³/mol. The summed E-state index contributed by atoms with van der Waals surface area (Å²) in [5, 5.41) is 8.23. The minimum absolute atomic E-state index is 0.163. The summed E-state index contributed by atoms with van der Waals surface area (Å²) >= 11 is 0. The molecule has 0 aliphatic carbocycles. The van der Waals surface area contributed by atoms with E-state index in [9.17, 15) is 9.59 Å². The van der Waals surface area contributed by atoms with Gasteiger partial charge in [0.05, 0.1) is 11.4 Å². The van der Waals surface area contributed by atoms with Gasteiger partial charge in [0.25, 0.3) is 0 Å². The monoisotopic (exact) mass is 452 g/mol. The number of nitrogens with one attached hydrogen (secondary N) is 2. The van der Waals surface area contributed by atoms with Gasteiger partial charge in [-0.1, -0.05) is 0 Å². The molecule has 0 bridgehead atoms. The lowest BCUT2D eigenvalue weighted by molar-refractivity contribution is -0.122. The number of benzene rings is 2. The normalized spacial score (nSPS) is 14.2. The molecule has 2 aromatic carbocycles. The van der Waals surface area contributed by atoms with Crippen LogP contribution in [0.15, 0.2) is 46.6 Å². The molecule has 2 heterocycles. The van der Waals surface area contributed by atoms with Crippen molar-refractivity contribution in [3.05, 3.63) is 47.5 Å². The van der Waals surface area contributed by atoms with E-state index in [0.717, 1.165) is 11.1 Å². The van der Waals surface area contributed by atoms with Crippen molar-refractivity contribution in [3.63, 3.8) is 0 Å². The van der Waals surface area contributed by atoms with Crippen molar-refractivity contribution in [1.29, 1.82) is 0 Å².